The van der Waals surface area contributed by atoms with Crippen molar-refractivity contribution in [3.63, 3.8) is 0 Å². The highest BCUT2D eigenvalue weighted by molar-refractivity contribution is 5.76. The third-order valence-corrected chi connectivity index (χ3v) is 3.65. The van der Waals surface area contributed by atoms with E-state index in [-0.39, 0.29) is 0 Å². The van der Waals surface area contributed by atoms with Crippen LogP contribution in [-0.2, 0) is 4.79 Å². The van der Waals surface area contributed by atoms with Crippen molar-refractivity contribution in [2.24, 2.45) is 5.92 Å². The van der Waals surface area contributed by atoms with Crippen LogP contribution in [0.3, 0.4) is 0 Å². The second-order valence-corrected chi connectivity index (χ2v) is 5.15. The summed E-state index contributed by atoms with van der Waals surface area (Å²) in [5.74, 6) is 1.01. The van der Waals surface area contributed by atoms with Crippen molar-refractivity contribution < 1.29 is 4.79 Å². The summed E-state index contributed by atoms with van der Waals surface area (Å²) in [4.78, 5) is 13.9. The monoisotopic (exact) mass is 240 g/mol. The maximum atomic E-state index is 11.8. The molecule has 3 heteroatoms. The van der Waals surface area contributed by atoms with Gasteiger partial charge in [-0.05, 0) is 25.3 Å². The second-order valence-electron chi connectivity index (χ2n) is 5.15. The Labute approximate surface area is 106 Å². The number of likely N-dealkylation sites (N-methyl/N-ethyl adjacent to an activating group) is 1. The van der Waals surface area contributed by atoms with Crippen LogP contribution in [0.4, 0.5) is 0 Å². The Bertz CT molecular complexity index is 230. The summed E-state index contributed by atoms with van der Waals surface area (Å²) in [6.45, 7) is 9.22. The Morgan fingerprint density at radius 1 is 1.29 bits per heavy atom. The van der Waals surface area contributed by atoms with Gasteiger partial charge < -0.3 is 10.2 Å². The lowest BCUT2D eigenvalue weighted by Gasteiger charge is -2.38. The fourth-order valence-electron chi connectivity index (χ4n) is 2.77. The van der Waals surface area contributed by atoms with Crippen molar-refractivity contribution in [3.8, 4) is 0 Å². The van der Waals surface area contributed by atoms with E-state index in [4.69, 9.17) is 0 Å². The molecule has 1 amide bonds. The minimum atomic E-state index is 0.314. The number of nitrogens with one attached hydrogen (secondary N) is 1. The van der Waals surface area contributed by atoms with Crippen molar-refractivity contribution in [1.29, 1.82) is 0 Å². The number of piperidine rings is 1. The predicted molar refractivity (Wildman–Crippen MR) is 72.0 cm³/mol. The summed E-state index contributed by atoms with van der Waals surface area (Å²) in [6.07, 6.45) is 5.69. The van der Waals surface area contributed by atoms with Crippen molar-refractivity contribution in [2.45, 2.75) is 58.9 Å². The average Bonchev–Trinajstić information content (AvgIpc) is 2.35. The average molecular weight is 240 g/mol. The van der Waals surface area contributed by atoms with Gasteiger partial charge in [0.15, 0.2) is 0 Å². The maximum Gasteiger partial charge on any atom is 0.222 e. The van der Waals surface area contributed by atoms with E-state index in [2.05, 4.69) is 24.1 Å². The highest BCUT2D eigenvalue weighted by atomic mass is 16.2. The van der Waals surface area contributed by atoms with Crippen LogP contribution in [0.15, 0.2) is 0 Å². The Balaban J connectivity index is 2.52. The first-order chi connectivity index (χ1) is 8.21. The summed E-state index contributed by atoms with van der Waals surface area (Å²) in [7, 11) is 0. The molecule has 100 valence electrons. The van der Waals surface area contributed by atoms with Gasteiger partial charge in [-0.25, -0.2) is 0 Å². The summed E-state index contributed by atoms with van der Waals surface area (Å²) >= 11 is 0. The van der Waals surface area contributed by atoms with Crippen LogP contribution in [-0.4, -0.2) is 36.5 Å². The molecule has 2 atom stereocenters. The van der Waals surface area contributed by atoms with E-state index < -0.39 is 0 Å². The fraction of sp³-hybridized carbons (Fsp3) is 0.929. The molecule has 0 aromatic heterocycles. The third-order valence-electron chi connectivity index (χ3n) is 3.65. The molecule has 1 fully saturated rings. The topological polar surface area (TPSA) is 32.3 Å². The van der Waals surface area contributed by atoms with Crippen LogP contribution in [0.25, 0.3) is 0 Å². The molecule has 1 saturated heterocycles. The van der Waals surface area contributed by atoms with Crippen LogP contribution in [0.1, 0.15) is 52.9 Å². The summed E-state index contributed by atoms with van der Waals surface area (Å²) in [5, 5.41) is 3.51. The zero-order valence-corrected chi connectivity index (χ0v) is 11.7. The van der Waals surface area contributed by atoms with Gasteiger partial charge in [-0.1, -0.05) is 33.6 Å². The molecule has 0 bridgehead atoms. The molecule has 0 aromatic rings. The number of likely N-dealkylation sites (tertiary alicyclic amines) is 1. The maximum absolute atomic E-state index is 11.8. The Hall–Kier alpha value is -0.570. The minimum absolute atomic E-state index is 0.314. The number of amides is 1. The van der Waals surface area contributed by atoms with Crippen molar-refractivity contribution >= 4 is 5.91 Å². The van der Waals surface area contributed by atoms with Gasteiger partial charge >= 0.3 is 0 Å². The molecule has 0 radical (unpaired) electrons. The first kappa shape index (κ1) is 14.5. The number of nitrogens with zero attached hydrogens (tertiary/aromatic N) is 1. The Morgan fingerprint density at radius 3 is 2.65 bits per heavy atom. The van der Waals surface area contributed by atoms with Gasteiger partial charge in [0, 0.05) is 25.6 Å². The van der Waals surface area contributed by atoms with Gasteiger partial charge in [0.2, 0.25) is 5.91 Å². The lowest BCUT2D eigenvalue weighted by Crippen LogP contribution is -2.51. The van der Waals surface area contributed by atoms with Gasteiger partial charge in [-0.3, -0.25) is 4.79 Å². The van der Waals surface area contributed by atoms with Crippen LogP contribution in [0, 0.1) is 5.92 Å². The molecular weight excluding hydrogens is 212 g/mol. The molecule has 0 saturated carbocycles. The predicted octanol–water partition coefficient (Wildman–Crippen LogP) is 2.41. The molecule has 2 unspecified atom stereocenters. The summed E-state index contributed by atoms with van der Waals surface area (Å²) < 4.78 is 0. The Morgan fingerprint density at radius 2 is 2.06 bits per heavy atom. The molecular formula is C14H28N2O. The van der Waals surface area contributed by atoms with E-state index in [1.54, 1.807) is 0 Å². The smallest absolute Gasteiger partial charge is 0.222 e. The zero-order chi connectivity index (χ0) is 12.7. The van der Waals surface area contributed by atoms with Gasteiger partial charge in [0.25, 0.3) is 0 Å². The molecule has 17 heavy (non-hydrogen) atoms. The molecule has 0 aromatic carbocycles. The summed E-state index contributed by atoms with van der Waals surface area (Å²) in [5.41, 5.74) is 0. The molecule has 3 nitrogen and oxygen atoms in total. The molecule has 1 aliphatic rings. The van der Waals surface area contributed by atoms with Crippen LogP contribution < -0.4 is 5.32 Å². The summed E-state index contributed by atoms with van der Waals surface area (Å²) in [6, 6.07) is 0.506. The van der Waals surface area contributed by atoms with Crippen molar-refractivity contribution in [2.75, 3.05) is 19.6 Å². The first-order valence-electron chi connectivity index (χ1n) is 7.22. The van der Waals surface area contributed by atoms with E-state index in [0.29, 0.717) is 24.3 Å². The van der Waals surface area contributed by atoms with E-state index in [1.165, 1.54) is 25.7 Å². The SMILES string of the molecule is CCCCC1CC(NCC)CN(C(=O)CC)C1. The molecule has 1 heterocycles. The first-order valence-corrected chi connectivity index (χ1v) is 7.22. The van der Waals surface area contributed by atoms with E-state index >= 15 is 0 Å². The number of hydrogen-bond donors (Lipinski definition) is 1. The third kappa shape index (κ3) is 4.66. The van der Waals surface area contributed by atoms with Gasteiger partial charge in [-0.15, -0.1) is 0 Å². The van der Waals surface area contributed by atoms with Crippen LogP contribution >= 0.6 is 0 Å². The molecule has 1 N–H and O–H groups in total. The second kappa shape index (κ2) is 7.70. The number of hydrogen-bond acceptors (Lipinski definition) is 2. The lowest BCUT2D eigenvalue weighted by molar-refractivity contribution is -0.133. The standard InChI is InChI=1S/C14H28N2O/c1-4-7-8-12-9-13(15-6-3)11-16(10-12)14(17)5-2/h12-13,15H,4-11H2,1-3H3. The lowest BCUT2D eigenvalue weighted by atomic mass is 9.89. The highest BCUT2D eigenvalue weighted by Gasteiger charge is 2.28. The fourth-order valence-corrected chi connectivity index (χ4v) is 2.77. The van der Waals surface area contributed by atoms with Crippen LogP contribution in [0.2, 0.25) is 0 Å². The molecule has 0 spiro atoms. The number of carbonyl (C=O) groups is 1. The largest absolute Gasteiger partial charge is 0.341 e. The zero-order valence-electron chi connectivity index (χ0n) is 11.7. The minimum Gasteiger partial charge on any atom is -0.341 e. The molecule has 0 aliphatic carbocycles. The number of carbonyl (C=O) groups excluding carboxylic acids is 1. The van der Waals surface area contributed by atoms with Gasteiger partial charge in [0.1, 0.15) is 0 Å². The molecule has 1 aliphatic heterocycles. The number of rotatable bonds is 6. The quantitative estimate of drug-likeness (QED) is 0.773. The highest BCUT2D eigenvalue weighted by Crippen LogP contribution is 2.22. The van der Waals surface area contributed by atoms with Crippen molar-refractivity contribution in [3.05, 3.63) is 0 Å². The van der Waals surface area contributed by atoms with Crippen molar-refractivity contribution in [1.82, 2.24) is 10.2 Å². The van der Waals surface area contributed by atoms with Crippen LogP contribution in [0.5, 0.6) is 0 Å². The Kier molecular flexibility index (Phi) is 6.56. The van der Waals surface area contributed by atoms with Gasteiger partial charge in [-0.2, -0.15) is 0 Å². The van der Waals surface area contributed by atoms with E-state index in [1.807, 2.05) is 6.92 Å². The molecule has 1 rings (SSSR count). The van der Waals surface area contributed by atoms with E-state index in [9.17, 15) is 4.79 Å². The van der Waals surface area contributed by atoms with Gasteiger partial charge in [0.05, 0.1) is 0 Å². The van der Waals surface area contributed by atoms with E-state index in [0.717, 1.165) is 19.6 Å². The number of unbranched alkanes of at least 4 members (excludes halogenated alkanes) is 1. The normalized spacial score (nSPS) is 25.0.